The molecule has 20 heavy (non-hydrogen) atoms. The smallest absolute Gasteiger partial charge is 0.141 e. The number of hydrogen-bond donors (Lipinski definition) is 0. The Balaban J connectivity index is 2.02. The van der Waals surface area contributed by atoms with Crippen molar-refractivity contribution in [3.63, 3.8) is 0 Å². The standard InChI is InChI=1S/C19H20O/c1-19(2,3)17-6-4-5-13(10-17)14-7-8-15-11-18(20)12-16(15)9-14/h4-10H,11-12H2,1-3H3. The highest BCUT2D eigenvalue weighted by Gasteiger charge is 2.19. The molecule has 3 rings (SSSR count). The van der Waals surface area contributed by atoms with E-state index >= 15 is 0 Å². The van der Waals surface area contributed by atoms with E-state index in [1.807, 2.05) is 0 Å². The monoisotopic (exact) mass is 264 g/mol. The zero-order valence-corrected chi connectivity index (χ0v) is 12.4. The summed E-state index contributed by atoms with van der Waals surface area (Å²) < 4.78 is 0. The number of benzene rings is 2. The Morgan fingerprint density at radius 1 is 0.850 bits per heavy atom. The van der Waals surface area contributed by atoms with Crippen LogP contribution in [0, 0.1) is 0 Å². The molecule has 0 saturated heterocycles. The zero-order chi connectivity index (χ0) is 14.3. The SMILES string of the molecule is CC(C)(C)c1cccc(-c2ccc3c(c2)CC(=O)C3)c1. The van der Waals surface area contributed by atoms with E-state index in [9.17, 15) is 4.79 Å². The van der Waals surface area contributed by atoms with Crippen molar-refractivity contribution in [2.24, 2.45) is 0 Å². The first-order valence-electron chi connectivity index (χ1n) is 7.18. The van der Waals surface area contributed by atoms with Crippen molar-refractivity contribution in [1.82, 2.24) is 0 Å². The molecule has 0 N–H and O–H groups in total. The molecular formula is C19H20O. The van der Waals surface area contributed by atoms with E-state index in [0.29, 0.717) is 18.6 Å². The molecule has 0 aromatic heterocycles. The van der Waals surface area contributed by atoms with Gasteiger partial charge >= 0.3 is 0 Å². The first-order chi connectivity index (χ1) is 9.43. The lowest BCUT2D eigenvalue weighted by Crippen LogP contribution is -2.10. The number of carbonyl (C=O) groups is 1. The van der Waals surface area contributed by atoms with Crippen LogP contribution < -0.4 is 0 Å². The van der Waals surface area contributed by atoms with E-state index in [1.165, 1.54) is 27.8 Å². The summed E-state index contributed by atoms with van der Waals surface area (Å²) in [6, 6.07) is 15.1. The van der Waals surface area contributed by atoms with Crippen LogP contribution in [0.2, 0.25) is 0 Å². The first kappa shape index (κ1) is 13.1. The van der Waals surface area contributed by atoms with Crippen molar-refractivity contribution < 1.29 is 4.79 Å². The number of rotatable bonds is 1. The van der Waals surface area contributed by atoms with Crippen LogP contribution in [0.25, 0.3) is 11.1 Å². The number of Topliss-reactive ketones (excluding diaryl/α,β-unsaturated/α-hetero) is 1. The predicted octanol–water partition coefficient (Wildman–Crippen LogP) is 4.32. The molecule has 0 spiro atoms. The minimum absolute atomic E-state index is 0.155. The van der Waals surface area contributed by atoms with Crippen LogP contribution in [-0.4, -0.2) is 5.78 Å². The maximum absolute atomic E-state index is 11.5. The minimum atomic E-state index is 0.155. The Labute approximate surface area is 120 Å². The molecule has 0 heterocycles. The second-order valence-corrected chi connectivity index (χ2v) is 6.71. The van der Waals surface area contributed by atoms with Crippen molar-refractivity contribution in [3.8, 4) is 11.1 Å². The quantitative estimate of drug-likeness (QED) is 0.749. The average Bonchev–Trinajstić information content (AvgIpc) is 2.77. The van der Waals surface area contributed by atoms with Crippen molar-refractivity contribution in [2.45, 2.75) is 39.0 Å². The molecule has 1 aliphatic rings. The predicted molar refractivity (Wildman–Crippen MR) is 83.0 cm³/mol. The van der Waals surface area contributed by atoms with Gasteiger partial charge in [0.1, 0.15) is 5.78 Å². The summed E-state index contributed by atoms with van der Waals surface area (Å²) in [6.45, 7) is 6.69. The molecule has 102 valence electrons. The molecule has 1 heteroatoms. The molecule has 0 atom stereocenters. The molecule has 2 aromatic rings. The molecule has 0 fully saturated rings. The van der Waals surface area contributed by atoms with Crippen LogP contribution in [0.15, 0.2) is 42.5 Å². The van der Waals surface area contributed by atoms with E-state index in [2.05, 4.69) is 63.2 Å². The number of ketones is 1. The summed E-state index contributed by atoms with van der Waals surface area (Å²) in [4.78, 5) is 11.5. The molecule has 0 unspecified atom stereocenters. The van der Waals surface area contributed by atoms with Crippen molar-refractivity contribution >= 4 is 5.78 Å². The van der Waals surface area contributed by atoms with Crippen LogP contribution in [0.4, 0.5) is 0 Å². The lowest BCUT2D eigenvalue weighted by molar-refractivity contribution is -0.117. The first-order valence-corrected chi connectivity index (χ1v) is 7.18. The summed E-state index contributed by atoms with van der Waals surface area (Å²) in [5.74, 6) is 0.334. The van der Waals surface area contributed by atoms with Gasteiger partial charge in [0.15, 0.2) is 0 Å². The fourth-order valence-corrected chi connectivity index (χ4v) is 2.80. The van der Waals surface area contributed by atoms with E-state index in [1.54, 1.807) is 0 Å². The van der Waals surface area contributed by atoms with Gasteiger partial charge < -0.3 is 0 Å². The summed E-state index contributed by atoms with van der Waals surface area (Å²) >= 11 is 0. The molecule has 0 bridgehead atoms. The minimum Gasteiger partial charge on any atom is -0.299 e. The lowest BCUT2D eigenvalue weighted by atomic mass is 9.85. The maximum atomic E-state index is 11.5. The Morgan fingerprint density at radius 3 is 2.30 bits per heavy atom. The Hall–Kier alpha value is -1.89. The van der Waals surface area contributed by atoms with Crippen LogP contribution in [0.3, 0.4) is 0 Å². The second kappa shape index (κ2) is 4.59. The molecule has 2 aromatic carbocycles. The highest BCUT2D eigenvalue weighted by molar-refractivity contribution is 5.88. The summed E-state index contributed by atoms with van der Waals surface area (Å²) in [5.41, 5.74) is 6.35. The summed E-state index contributed by atoms with van der Waals surface area (Å²) in [7, 11) is 0. The zero-order valence-electron chi connectivity index (χ0n) is 12.4. The van der Waals surface area contributed by atoms with E-state index in [4.69, 9.17) is 0 Å². The van der Waals surface area contributed by atoms with Gasteiger partial charge in [-0.25, -0.2) is 0 Å². The third-order valence-corrected chi connectivity index (χ3v) is 4.04. The number of fused-ring (bicyclic) bond motifs is 1. The molecule has 1 aliphatic carbocycles. The van der Waals surface area contributed by atoms with E-state index < -0.39 is 0 Å². The molecular weight excluding hydrogens is 244 g/mol. The maximum Gasteiger partial charge on any atom is 0.141 e. The average molecular weight is 264 g/mol. The third kappa shape index (κ3) is 2.40. The van der Waals surface area contributed by atoms with Gasteiger partial charge in [-0.3, -0.25) is 4.79 Å². The number of carbonyl (C=O) groups excluding carboxylic acids is 1. The normalized spacial score (nSPS) is 14.4. The Kier molecular flexibility index (Phi) is 3.01. The van der Waals surface area contributed by atoms with Gasteiger partial charge in [-0.1, -0.05) is 63.2 Å². The Bertz CT molecular complexity index is 674. The van der Waals surface area contributed by atoms with Gasteiger partial charge in [0.25, 0.3) is 0 Å². The van der Waals surface area contributed by atoms with E-state index in [0.717, 1.165) is 0 Å². The van der Waals surface area contributed by atoms with Gasteiger partial charge in [-0.2, -0.15) is 0 Å². The van der Waals surface area contributed by atoms with Crippen LogP contribution >= 0.6 is 0 Å². The lowest BCUT2D eigenvalue weighted by Gasteiger charge is -2.20. The fraction of sp³-hybridized carbons (Fsp3) is 0.316. The highest BCUT2D eigenvalue weighted by Crippen LogP contribution is 2.30. The summed E-state index contributed by atoms with van der Waals surface area (Å²) in [5, 5.41) is 0. The van der Waals surface area contributed by atoms with Gasteiger partial charge in [0.05, 0.1) is 0 Å². The highest BCUT2D eigenvalue weighted by atomic mass is 16.1. The molecule has 1 nitrogen and oxygen atoms in total. The number of hydrogen-bond acceptors (Lipinski definition) is 1. The van der Waals surface area contributed by atoms with Gasteiger partial charge in [0, 0.05) is 12.8 Å². The van der Waals surface area contributed by atoms with Crippen molar-refractivity contribution in [2.75, 3.05) is 0 Å². The summed E-state index contributed by atoms with van der Waals surface area (Å²) in [6.07, 6.45) is 1.21. The molecule has 0 amide bonds. The fourth-order valence-electron chi connectivity index (χ4n) is 2.80. The van der Waals surface area contributed by atoms with Gasteiger partial charge in [-0.05, 0) is 33.2 Å². The third-order valence-electron chi connectivity index (χ3n) is 4.04. The van der Waals surface area contributed by atoms with Crippen molar-refractivity contribution in [1.29, 1.82) is 0 Å². The second-order valence-electron chi connectivity index (χ2n) is 6.71. The van der Waals surface area contributed by atoms with Crippen molar-refractivity contribution in [3.05, 3.63) is 59.2 Å². The van der Waals surface area contributed by atoms with Crippen LogP contribution in [0.1, 0.15) is 37.5 Å². The molecule has 0 radical (unpaired) electrons. The van der Waals surface area contributed by atoms with E-state index in [-0.39, 0.29) is 5.41 Å². The van der Waals surface area contributed by atoms with Gasteiger partial charge in [0.2, 0.25) is 0 Å². The van der Waals surface area contributed by atoms with Crippen LogP contribution in [-0.2, 0) is 23.1 Å². The molecule has 0 aliphatic heterocycles. The Morgan fingerprint density at radius 2 is 1.55 bits per heavy atom. The van der Waals surface area contributed by atoms with Gasteiger partial charge in [-0.15, -0.1) is 0 Å². The topological polar surface area (TPSA) is 17.1 Å². The largest absolute Gasteiger partial charge is 0.299 e. The van der Waals surface area contributed by atoms with Crippen LogP contribution in [0.5, 0.6) is 0 Å². The molecule has 0 saturated carbocycles.